The number of fused-ring (bicyclic) bond motifs is 1. The molecule has 17 heteroatoms. The lowest BCUT2D eigenvalue weighted by molar-refractivity contribution is -0.134. The number of benzene rings is 1. The molecule has 242 valence electrons. The number of primary amides is 1. The molecule has 3 aromatic heterocycles. The summed E-state index contributed by atoms with van der Waals surface area (Å²) >= 11 is 1.09. The van der Waals surface area contributed by atoms with Crippen LogP contribution in [-0.4, -0.2) is 76.5 Å². The van der Waals surface area contributed by atoms with E-state index in [-0.39, 0.29) is 52.8 Å². The lowest BCUT2D eigenvalue weighted by atomic mass is 10.0. The Labute approximate surface area is 265 Å². The molecule has 0 aliphatic carbocycles. The van der Waals surface area contributed by atoms with Crippen LogP contribution in [0, 0.1) is 11.6 Å². The first-order valence-electron chi connectivity index (χ1n) is 13.6. The first-order valence-corrected chi connectivity index (χ1v) is 14.4. The summed E-state index contributed by atoms with van der Waals surface area (Å²) in [6.07, 6.45) is -2.93. The van der Waals surface area contributed by atoms with Crippen LogP contribution in [0.25, 0.3) is 10.4 Å². The van der Waals surface area contributed by atoms with Crippen molar-refractivity contribution in [1.29, 1.82) is 0 Å². The summed E-state index contributed by atoms with van der Waals surface area (Å²) in [5.41, 5.74) is 5.91. The van der Waals surface area contributed by atoms with Gasteiger partial charge in [-0.3, -0.25) is 9.69 Å². The number of nitrogens with two attached hydrogens (primary N) is 1. The molecule has 2 amide bonds. The van der Waals surface area contributed by atoms with Crippen molar-refractivity contribution < 1.29 is 42.8 Å². The number of hydrogen-bond acceptors (Lipinski definition) is 13. The Hall–Kier alpha value is -4.97. The number of amides is 2. The van der Waals surface area contributed by atoms with Gasteiger partial charge >= 0.3 is 6.09 Å². The molecule has 14 nitrogen and oxygen atoms in total. The molecule has 4 N–H and O–H groups in total. The lowest BCUT2D eigenvalue weighted by Gasteiger charge is -2.44. The third kappa shape index (κ3) is 6.38. The molecule has 0 spiro atoms. The standard InChI is InChI=1S/C29H29F2N7O7S/c1-36(23(39)14-43-2)12-17-24-26(40)38(20-8-10-22(44-3)35-34-20)29(42)37(13-16-18(30)5-4-6-19(16)31)27(24)46-25(17)15-7-9-21(33-11-15)45-28(32)41/h4-11,26,29,40,42H,12-14H2,1-3H3,(H2,32,41). The van der Waals surface area contributed by atoms with E-state index in [2.05, 4.69) is 15.2 Å². The molecule has 2 unspecified atom stereocenters. The van der Waals surface area contributed by atoms with Crippen LogP contribution in [0.5, 0.6) is 11.8 Å². The highest BCUT2D eigenvalue weighted by atomic mass is 32.1. The zero-order valence-electron chi connectivity index (χ0n) is 24.8. The summed E-state index contributed by atoms with van der Waals surface area (Å²) in [4.78, 5) is 32.4. The molecule has 0 bridgehead atoms. The van der Waals surface area contributed by atoms with Crippen LogP contribution in [0.1, 0.15) is 22.9 Å². The maximum absolute atomic E-state index is 14.9. The molecule has 2 atom stereocenters. The Morgan fingerprint density at radius 1 is 1.04 bits per heavy atom. The van der Waals surface area contributed by atoms with Gasteiger partial charge in [0.15, 0.2) is 12.0 Å². The largest absolute Gasteiger partial charge is 0.480 e. The average Bonchev–Trinajstić information content (AvgIpc) is 3.40. The molecule has 1 aliphatic rings. The molecule has 4 aromatic rings. The number of thiophene rings is 1. The van der Waals surface area contributed by atoms with Crippen molar-refractivity contribution in [3.63, 3.8) is 0 Å². The molecule has 0 radical (unpaired) electrons. The van der Waals surface area contributed by atoms with Gasteiger partial charge in [0.1, 0.15) is 23.2 Å². The summed E-state index contributed by atoms with van der Waals surface area (Å²) in [7, 11) is 4.32. The Kier molecular flexibility index (Phi) is 9.57. The van der Waals surface area contributed by atoms with Crippen LogP contribution in [-0.2, 0) is 22.6 Å². The van der Waals surface area contributed by atoms with E-state index in [1.54, 1.807) is 13.1 Å². The van der Waals surface area contributed by atoms with Crippen LogP contribution in [0.15, 0.2) is 48.7 Å². The van der Waals surface area contributed by atoms with Gasteiger partial charge in [0.25, 0.3) is 0 Å². The molecule has 46 heavy (non-hydrogen) atoms. The van der Waals surface area contributed by atoms with Gasteiger partial charge < -0.3 is 40.0 Å². The molecule has 4 heterocycles. The lowest BCUT2D eigenvalue weighted by Crippen LogP contribution is -2.54. The normalized spacial score (nSPS) is 15.8. The number of anilines is 2. The highest BCUT2D eigenvalue weighted by Crippen LogP contribution is 2.51. The molecule has 0 saturated heterocycles. The van der Waals surface area contributed by atoms with Gasteiger partial charge in [-0.15, -0.1) is 21.5 Å². The van der Waals surface area contributed by atoms with Gasteiger partial charge in [-0.05, 0) is 24.3 Å². The number of aromatic nitrogens is 3. The second-order valence-corrected chi connectivity index (χ2v) is 11.0. The quantitative estimate of drug-likeness (QED) is 0.228. The maximum atomic E-state index is 14.9. The summed E-state index contributed by atoms with van der Waals surface area (Å²) in [5.74, 6) is -1.93. The molecule has 1 aromatic carbocycles. The van der Waals surface area contributed by atoms with Crippen molar-refractivity contribution in [3.8, 4) is 22.2 Å². The molecule has 5 rings (SSSR count). The van der Waals surface area contributed by atoms with E-state index in [4.69, 9.17) is 19.9 Å². The van der Waals surface area contributed by atoms with Crippen LogP contribution in [0.4, 0.5) is 24.4 Å². The molecule has 1 aliphatic heterocycles. The third-order valence-corrected chi connectivity index (χ3v) is 8.45. The third-order valence-electron chi connectivity index (χ3n) is 7.12. The smallest absolute Gasteiger partial charge is 0.411 e. The number of carbonyl (C=O) groups excluding carboxylic acids is 2. The summed E-state index contributed by atoms with van der Waals surface area (Å²) < 4.78 is 44.8. The number of halogens is 2. The number of nitrogens with zero attached hydrogens (tertiary/aromatic N) is 6. The fourth-order valence-corrected chi connectivity index (χ4v) is 6.25. The molecular formula is C29H29F2N7O7S. The number of likely N-dealkylation sites (N-methyl/N-ethyl adjacent to an activating group) is 1. The fourth-order valence-electron chi connectivity index (χ4n) is 4.90. The van der Waals surface area contributed by atoms with Gasteiger partial charge in [0, 0.05) is 66.2 Å². The second-order valence-electron chi connectivity index (χ2n) is 10.0. The van der Waals surface area contributed by atoms with Gasteiger partial charge in [-0.25, -0.2) is 18.6 Å². The Morgan fingerprint density at radius 2 is 1.76 bits per heavy atom. The number of ether oxygens (including phenoxy) is 3. The van der Waals surface area contributed by atoms with E-state index in [0.717, 1.165) is 28.4 Å². The highest BCUT2D eigenvalue weighted by molar-refractivity contribution is 7.20. The van der Waals surface area contributed by atoms with E-state index in [1.165, 1.54) is 54.5 Å². The monoisotopic (exact) mass is 657 g/mol. The van der Waals surface area contributed by atoms with E-state index in [1.807, 2.05) is 0 Å². The van der Waals surface area contributed by atoms with E-state index >= 15 is 0 Å². The van der Waals surface area contributed by atoms with E-state index in [0.29, 0.717) is 16.0 Å². The minimum Gasteiger partial charge on any atom is -0.480 e. The molecule has 0 fully saturated rings. The topological polar surface area (TPSA) is 177 Å². The van der Waals surface area contributed by atoms with Crippen molar-refractivity contribution in [2.75, 3.05) is 37.7 Å². The Bertz CT molecular complexity index is 1710. The van der Waals surface area contributed by atoms with Crippen LogP contribution in [0.3, 0.4) is 0 Å². The number of aliphatic hydroxyl groups excluding tert-OH is 2. The Balaban J connectivity index is 1.71. The molecule has 0 saturated carbocycles. The van der Waals surface area contributed by atoms with Gasteiger partial charge in [0.05, 0.1) is 13.7 Å². The summed E-state index contributed by atoms with van der Waals surface area (Å²) in [6.45, 7) is -0.729. The van der Waals surface area contributed by atoms with Crippen LogP contribution < -0.4 is 25.0 Å². The number of aliphatic hydroxyl groups is 2. The van der Waals surface area contributed by atoms with Crippen molar-refractivity contribution in [2.45, 2.75) is 25.7 Å². The number of rotatable bonds is 10. The van der Waals surface area contributed by atoms with Crippen molar-refractivity contribution in [3.05, 3.63) is 77.0 Å². The summed E-state index contributed by atoms with van der Waals surface area (Å²) in [5, 5.41) is 31.9. The fraction of sp³-hybridized carbons (Fsp3) is 0.276. The van der Waals surface area contributed by atoms with Crippen molar-refractivity contribution in [2.24, 2.45) is 5.73 Å². The maximum Gasteiger partial charge on any atom is 0.411 e. The number of methoxy groups -OCH3 is 2. The van der Waals surface area contributed by atoms with Gasteiger partial charge in [-0.2, -0.15) is 0 Å². The number of carbonyl (C=O) groups is 2. The first-order chi connectivity index (χ1) is 22.0. The Morgan fingerprint density at radius 3 is 2.35 bits per heavy atom. The first kappa shape index (κ1) is 32.4. The second kappa shape index (κ2) is 13.6. The van der Waals surface area contributed by atoms with E-state index < -0.39 is 36.9 Å². The highest BCUT2D eigenvalue weighted by Gasteiger charge is 2.43. The van der Waals surface area contributed by atoms with Crippen LogP contribution in [0.2, 0.25) is 0 Å². The zero-order chi connectivity index (χ0) is 33.1. The van der Waals surface area contributed by atoms with Crippen molar-refractivity contribution >= 4 is 34.2 Å². The average molecular weight is 658 g/mol. The summed E-state index contributed by atoms with van der Waals surface area (Å²) in [6, 6.07) is 9.33. The van der Waals surface area contributed by atoms with E-state index in [9.17, 15) is 28.6 Å². The minimum absolute atomic E-state index is 0.0163. The minimum atomic E-state index is -1.69. The number of hydrogen-bond donors (Lipinski definition) is 3. The predicted octanol–water partition coefficient (Wildman–Crippen LogP) is 2.74. The van der Waals surface area contributed by atoms with Gasteiger partial charge in [-0.1, -0.05) is 6.07 Å². The zero-order valence-corrected chi connectivity index (χ0v) is 25.6. The van der Waals surface area contributed by atoms with Crippen LogP contribution >= 0.6 is 11.3 Å². The predicted molar refractivity (Wildman–Crippen MR) is 161 cm³/mol. The SMILES string of the molecule is COCC(=O)N(C)Cc1c(-c2ccc(OC(N)=O)nc2)sc2c1C(O)N(c1ccc(OC)nn1)C(O)N2Cc1c(F)cccc1F. The van der Waals surface area contributed by atoms with Gasteiger partial charge in [0.2, 0.25) is 24.0 Å². The molecular weight excluding hydrogens is 628 g/mol. The van der Waals surface area contributed by atoms with Crippen molar-refractivity contribution in [1.82, 2.24) is 20.1 Å². The number of pyridine rings is 1.